The summed E-state index contributed by atoms with van der Waals surface area (Å²) in [5, 5.41) is 11.9. The van der Waals surface area contributed by atoms with E-state index in [0.717, 1.165) is 18.2 Å². The highest BCUT2D eigenvalue weighted by Gasteiger charge is 2.15. The van der Waals surface area contributed by atoms with Crippen LogP contribution in [0.25, 0.3) is 11.4 Å². The Balaban J connectivity index is 2.36. The highest BCUT2D eigenvalue weighted by atomic mass is 19.1. The quantitative estimate of drug-likeness (QED) is 0.882. The molecule has 0 saturated carbocycles. The van der Waals surface area contributed by atoms with E-state index in [2.05, 4.69) is 14.7 Å². The fourth-order valence-electron chi connectivity index (χ4n) is 1.23. The first-order valence-electron chi connectivity index (χ1n) is 4.56. The van der Waals surface area contributed by atoms with E-state index in [9.17, 15) is 13.6 Å². The third kappa shape index (κ3) is 2.44. The van der Waals surface area contributed by atoms with Crippen molar-refractivity contribution < 1.29 is 23.2 Å². The van der Waals surface area contributed by atoms with Crippen molar-refractivity contribution in [2.75, 3.05) is 0 Å². The van der Waals surface area contributed by atoms with E-state index in [-0.39, 0.29) is 17.3 Å². The van der Waals surface area contributed by atoms with Crippen molar-refractivity contribution in [3.05, 3.63) is 35.7 Å². The molecular formula is C10H6F2N2O3. The number of carboxylic acid groups (broad SMARTS) is 1. The van der Waals surface area contributed by atoms with Gasteiger partial charge in [0.15, 0.2) is 0 Å². The molecule has 1 aromatic carbocycles. The van der Waals surface area contributed by atoms with E-state index in [1.54, 1.807) is 0 Å². The number of halogens is 2. The highest BCUT2D eigenvalue weighted by molar-refractivity contribution is 5.69. The SMILES string of the molecule is O=C(O)Cc1nc(-c2cc(F)ccc2F)no1. The van der Waals surface area contributed by atoms with Crippen molar-refractivity contribution in [2.24, 2.45) is 0 Å². The van der Waals surface area contributed by atoms with Crippen LogP contribution in [0, 0.1) is 11.6 Å². The molecule has 7 heteroatoms. The second-order valence-corrected chi connectivity index (χ2v) is 3.21. The predicted octanol–water partition coefficient (Wildman–Crippen LogP) is 1.64. The lowest BCUT2D eigenvalue weighted by Crippen LogP contribution is -2.00. The van der Waals surface area contributed by atoms with Gasteiger partial charge in [-0.1, -0.05) is 5.16 Å². The molecule has 0 unspecified atom stereocenters. The second kappa shape index (κ2) is 4.28. The molecule has 0 aliphatic rings. The Hall–Kier alpha value is -2.31. The number of nitrogens with zero attached hydrogens (tertiary/aromatic N) is 2. The van der Waals surface area contributed by atoms with Crippen molar-refractivity contribution in [2.45, 2.75) is 6.42 Å². The molecule has 0 amide bonds. The summed E-state index contributed by atoms with van der Waals surface area (Å²) in [5.41, 5.74) is -0.176. The van der Waals surface area contributed by atoms with Crippen LogP contribution >= 0.6 is 0 Å². The Labute approximate surface area is 93.7 Å². The average Bonchev–Trinajstić information content (AvgIpc) is 2.69. The summed E-state index contributed by atoms with van der Waals surface area (Å²) in [5.74, 6) is -2.87. The van der Waals surface area contributed by atoms with Crippen molar-refractivity contribution in [3.8, 4) is 11.4 Å². The summed E-state index contributed by atoms with van der Waals surface area (Å²) in [6.45, 7) is 0. The van der Waals surface area contributed by atoms with E-state index in [4.69, 9.17) is 5.11 Å². The van der Waals surface area contributed by atoms with Crippen LogP contribution in [0.4, 0.5) is 8.78 Å². The maximum absolute atomic E-state index is 13.3. The Kier molecular flexibility index (Phi) is 2.82. The van der Waals surface area contributed by atoms with Gasteiger partial charge in [-0.15, -0.1) is 0 Å². The van der Waals surface area contributed by atoms with Gasteiger partial charge in [0.1, 0.15) is 18.1 Å². The van der Waals surface area contributed by atoms with Crippen molar-refractivity contribution >= 4 is 5.97 Å². The third-order valence-electron chi connectivity index (χ3n) is 1.94. The number of carboxylic acids is 1. The molecule has 1 heterocycles. The fraction of sp³-hybridized carbons (Fsp3) is 0.100. The zero-order chi connectivity index (χ0) is 12.4. The van der Waals surface area contributed by atoms with Gasteiger partial charge in [0.05, 0.1) is 5.56 Å². The summed E-state index contributed by atoms with van der Waals surface area (Å²) in [6.07, 6.45) is -0.468. The van der Waals surface area contributed by atoms with Crippen LogP contribution < -0.4 is 0 Å². The number of hydrogen-bond acceptors (Lipinski definition) is 4. The standard InChI is InChI=1S/C10H6F2N2O3/c11-5-1-2-7(12)6(3-5)10-13-8(17-14-10)4-9(15)16/h1-3H,4H2,(H,15,16). The molecule has 0 radical (unpaired) electrons. The van der Waals surface area contributed by atoms with Crippen LogP contribution in [0.2, 0.25) is 0 Å². The smallest absolute Gasteiger partial charge is 0.312 e. The third-order valence-corrected chi connectivity index (χ3v) is 1.94. The molecule has 0 saturated heterocycles. The zero-order valence-electron chi connectivity index (χ0n) is 8.35. The minimum absolute atomic E-state index is 0.170. The summed E-state index contributed by atoms with van der Waals surface area (Å²) in [4.78, 5) is 14.0. The van der Waals surface area contributed by atoms with Crippen LogP contribution in [0.1, 0.15) is 5.89 Å². The maximum Gasteiger partial charge on any atom is 0.312 e. The number of carbonyl (C=O) groups is 1. The first kappa shape index (κ1) is 11.2. The molecule has 0 aliphatic carbocycles. The molecule has 2 aromatic rings. The minimum Gasteiger partial charge on any atom is -0.481 e. The summed E-state index contributed by atoms with van der Waals surface area (Å²) < 4.78 is 30.8. The van der Waals surface area contributed by atoms with E-state index < -0.39 is 24.0 Å². The summed E-state index contributed by atoms with van der Waals surface area (Å²) >= 11 is 0. The Morgan fingerprint density at radius 1 is 1.41 bits per heavy atom. The van der Waals surface area contributed by atoms with Gasteiger partial charge in [-0.25, -0.2) is 8.78 Å². The number of aliphatic carboxylic acids is 1. The lowest BCUT2D eigenvalue weighted by Gasteiger charge is -1.96. The summed E-state index contributed by atoms with van der Waals surface area (Å²) in [7, 11) is 0. The number of rotatable bonds is 3. The lowest BCUT2D eigenvalue weighted by atomic mass is 10.2. The zero-order valence-corrected chi connectivity index (χ0v) is 8.35. The molecule has 5 nitrogen and oxygen atoms in total. The van der Waals surface area contributed by atoms with Crippen LogP contribution in [0.15, 0.2) is 22.7 Å². The molecule has 17 heavy (non-hydrogen) atoms. The molecular weight excluding hydrogens is 234 g/mol. The van der Waals surface area contributed by atoms with Crippen LogP contribution in [0.3, 0.4) is 0 Å². The van der Waals surface area contributed by atoms with Crippen LogP contribution in [-0.4, -0.2) is 21.2 Å². The normalized spacial score (nSPS) is 10.5. The maximum atomic E-state index is 13.3. The van der Waals surface area contributed by atoms with Gasteiger partial charge in [0.2, 0.25) is 11.7 Å². The molecule has 0 aliphatic heterocycles. The summed E-state index contributed by atoms with van der Waals surface area (Å²) in [6, 6.07) is 2.79. The predicted molar refractivity (Wildman–Crippen MR) is 51.0 cm³/mol. The number of hydrogen-bond donors (Lipinski definition) is 1. The molecule has 2 rings (SSSR count). The van der Waals surface area contributed by atoms with E-state index >= 15 is 0 Å². The molecule has 1 aromatic heterocycles. The van der Waals surface area contributed by atoms with Crippen molar-refractivity contribution in [1.82, 2.24) is 10.1 Å². The van der Waals surface area contributed by atoms with Gasteiger partial charge in [0.25, 0.3) is 0 Å². The Morgan fingerprint density at radius 2 is 2.18 bits per heavy atom. The van der Waals surface area contributed by atoms with Gasteiger partial charge in [0, 0.05) is 0 Å². The van der Waals surface area contributed by atoms with Gasteiger partial charge in [-0.2, -0.15) is 4.98 Å². The topological polar surface area (TPSA) is 76.2 Å². The van der Waals surface area contributed by atoms with E-state index in [0.29, 0.717) is 0 Å². The molecule has 0 spiro atoms. The largest absolute Gasteiger partial charge is 0.481 e. The van der Waals surface area contributed by atoms with Crippen molar-refractivity contribution in [1.29, 1.82) is 0 Å². The number of benzene rings is 1. The molecule has 0 atom stereocenters. The molecule has 1 N–H and O–H groups in total. The fourth-order valence-corrected chi connectivity index (χ4v) is 1.23. The van der Waals surface area contributed by atoms with Crippen molar-refractivity contribution in [3.63, 3.8) is 0 Å². The van der Waals surface area contributed by atoms with Crippen LogP contribution in [0.5, 0.6) is 0 Å². The Morgan fingerprint density at radius 3 is 2.88 bits per heavy atom. The van der Waals surface area contributed by atoms with Crippen LogP contribution in [-0.2, 0) is 11.2 Å². The first-order chi connectivity index (χ1) is 8.06. The van der Waals surface area contributed by atoms with Gasteiger partial charge < -0.3 is 9.63 Å². The second-order valence-electron chi connectivity index (χ2n) is 3.21. The average molecular weight is 240 g/mol. The number of aromatic nitrogens is 2. The molecule has 88 valence electrons. The minimum atomic E-state index is -1.15. The van der Waals surface area contributed by atoms with Gasteiger partial charge >= 0.3 is 5.97 Å². The van der Waals surface area contributed by atoms with E-state index in [1.807, 2.05) is 0 Å². The first-order valence-corrected chi connectivity index (χ1v) is 4.56. The molecule has 0 bridgehead atoms. The van der Waals surface area contributed by atoms with Gasteiger partial charge in [-0.05, 0) is 18.2 Å². The lowest BCUT2D eigenvalue weighted by molar-refractivity contribution is -0.136. The highest BCUT2D eigenvalue weighted by Crippen LogP contribution is 2.20. The Bertz CT molecular complexity index is 568. The monoisotopic (exact) mass is 240 g/mol. The molecule has 0 fully saturated rings. The van der Waals surface area contributed by atoms with Gasteiger partial charge in [-0.3, -0.25) is 4.79 Å². The van der Waals surface area contributed by atoms with E-state index in [1.165, 1.54) is 0 Å².